The van der Waals surface area contributed by atoms with Crippen LogP contribution in [-0.2, 0) is 10.0 Å². The average molecular weight is 301 g/mol. The molecule has 0 aliphatic heterocycles. The molecule has 0 amide bonds. The van der Waals surface area contributed by atoms with Gasteiger partial charge >= 0.3 is 0 Å². The Labute approximate surface area is 115 Å². The van der Waals surface area contributed by atoms with Gasteiger partial charge in [-0.05, 0) is 24.6 Å². The van der Waals surface area contributed by atoms with Crippen LogP contribution in [0.2, 0.25) is 5.02 Å². The zero-order valence-electron chi connectivity index (χ0n) is 9.89. The second-order valence-corrected chi connectivity index (χ2v) is 5.91. The van der Waals surface area contributed by atoms with Crippen molar-refractivity contribution < 1.29 is 12.8 Å². The number of nitrogens with zero attached hydrogens (tertiary/aromatic N) is 1. The normalized spacial score (nSPS) is 11.3. The lowest BCUT2D eigenvalue weighted by molar-refractivity contribution is 0.597. The molecular formula is C12H10ClFN2O2S. The Morgan fingerprint density at radius 1 is 1.32 bits per heavy atom. The van der Waals surface area contributed by atoms with Crippen LogP contribution in [0, 0.1) is 12.7 Å². The van der Waals surface area contributed by atoms with E-state index in [1.54, 1.807) is 19.1 Å². The Balaban J connectivity index is 2.43. The molecule has 0 saturated carbocycles. The van der Waals surface area contributed by atoms with E-state index < -0.39 is 15.8 Å². The molecule has 0 bridgehead atoms. The van der Waals surface area contributed by atoms with Gasteiger partial charge in [0.1, 0.15) is 10.7 Å². The average Bonchev–Trinajstić information content (AvgIpc) is 2.35. The fraction of sp³-hybridized carbons (Fsp3) is 0.0833. The van der Waals surface area contributed by atoms with Crippen molar-refractivity contribution in [1.29, 1.82) is 0 Å². The number of benzene rings is 1. The summed E-state index contributed by atoms with van der Waals surface area (Å²) in [7, 11) is -3.97. The highest BCUT2D eigenvalue weighted by molar-refractivity contribution is 7.92. The lowest BCUT2D eigenvalue weighted by atomic mass is 10.2. The van der Waals surface area contributed by atoms with Crippen LogP contribution in [0.15, 0.2) is 41.6 Å². The minimum absolute atomic E-state index is 0.0237. The first-order valence-electron chi connectivity index (χ1n) is 5.29. The number of anilines is 1. The number of pyridine rings is 1. The van der Waals surface area contributed by atoms with E-state index in [-0.39, 0.29) is 15.6 Å². The fourth-order valence-corrected chi connectivity index (χ4v) is 2.98. The van der Waals surface area contributed by atoms with Gasteiger partial charge in [0.05, 0.1) is 10.7 Å². The number of halogens is 2. The summed E-state index contributed by atoms with van der Waals surface area (Å²) in [5.41, 5.74) is 0.220. The standard InChI is InChI=1S/C12H10ClFN2O2S/c1-8-3-2-4-10(12(8)14)16-19(17,18)11-7-15-6-5-9(11)13/h2-7,16H,1H3. The maximum atomic E-state index is 13.8. The molecule has 1 N–H and O–H groups in total. The van der Waals surface area contributed by atoms with Crippen LogP contribution in [0.5, 0.6) is 0 Å². The molecule has 2 aromatic rings. The molecule has 4 nitrogen and oxygen atoms in total. The molecule has 0 aliphatic rings. The Bertz CT molecular complexity index is 719. The monoisotopic (exact) mass is 300 g/mol. The van der Waals surface area contributed by atoms with Gasteiger partial charge in [-0.25, -0.2) is 12.8 Å². The van der Waals surface area contributed by atoms with Crippen LogP contribution in [0.3, 0.4) is 0 Å². The molecule has 0 aliphatic carbocycles. The SMILES string of the molecule is Cc1cccc(NS(=O)(=O)c2cnccc2Cl)c1F. The van der Waals surface area contributed by atoms with Crippen LogP contribution in [-0.4, -0.2) is 13.4 Å². The van der Waals surface area contributed by atoms with E-state index in [1.165, 1.54) is 18.3 Å². The van der Waals surface area contributed by atoms with Gasteiger partial charge in [-0.2, -0.15) is 0 Å². The van der Waals surface area contributed by atoms with E-state index >= 15 is 0 Å². The lowest BCUT2D eigenvalue weighted by Gasteiger charge is -2.10. The first-order valence-corrected chi connectivity index (χ1v) is 7.15. The van der Waals surface area contributed by atoms with Gasteiger partial charge in [0.2, 0.25) is 0 Å². The van der Waals surface area contributed by atoms with Gasteiger partial charge in [0, 0.05) is 12.4 Å². The fourth-order valence-electron chi connectivity index (χ4n) is 1.49. The third-order valence-corrected chi connectivity index (χ3v) is 4.29. The predicted octanol–water partition coefficient (Wildman–Crippen LogP) is 2.98. The summed E-state index contributed by atoms with van der Waals surface area (Å²) in [4.78, 5) is 3.50. The third-order valence-electron chi connectivity index (χ3n) is 2.46. The van der Waals surface area contributed by atoms with Crippen molar-refractivity contribution in [3.8, 4) is 0 Å². The van der Waals surface area contributed by atoms with Gasteiger partial charge in [0.15, 0.2) is 0 Å². The zero-order valence-corrected chi connectivity index (χ0v) is 11.5. The van der Waals surface area contributed by atoms with Crippen LogP contribution >= 0.6 is 11.6 Å². The smallest absolute Gasteiger partial charge is 0.265 e. The van der Waals surface area contributed by atoms with Crippen molar-refractivity contribution in [3.05, 3.63) is 53.1 Å². The summed E-state index contributed by atoms with van der Waals surface area (Å²) in [6.07, 6.45) is 2.48. The maximum absolute atomic E-state index is 13.8. The van der Waals surface area contributed by atoms with Crippen molar-refractivity contribution in [1.82, 2.24) is 4.98 Å². The van der Waals surface area contributed by atoms with Gasteiger partial charge in [-0.15, -0.1) is 0 Å². The highest BCUT2D eigenvalue weighted by Gasteiger charge is 2.20. The molecule has 0 spiro atoms. The largest absolute Gasteiger partial charge is 0.277 e. The molecule has 0 fully saturated rings. The Hall–Kier alpha value is -1.66. The number of nitrogens with one attached hydrogen (secondary N) is 1. The lowest BCUT2D eigenvalue weighted by Crippen LogP contribution is -2.15. The van der Waals surface area contributed by atoms with Crippen molar-refractivity contribution in [3.63, 3.8) is 0 Å². The molecule has 1 heterocycles. The number of rotatable bonds is 3. The second kappa shape index (κ2) is 5.14. The number of aryl methyl sites for hydroxylation is 1. The molecule has 0 atom stereocenters. The summed E-state index contributed by atoms with van der Waals surface area (Å²) in [5, 5.41) is 0.0237. The predicted molar refractivity (Wildman–Crippen MR) is 71.2 cm³/mol. The molecule has 7 heteroatoms. The van der Waals surface area contributed by atoms with Crippen molar-refractivity contribution in [2.75, 3.05) is 4.72 Å². The van der Waals surface area contributed by atoms with Gasteiger partial charge in [0.25, 0.3) is 10.0 Å². The minimum Gasteiger partial charge on any atom is -0.277 e. The summed E-state index contributed by atoms with van der Waals surface area (Å²) < 4.78 is 40.1. The summed E-state index contributed by atoms with van der Waals surface area (Å²) in [5.74, 6) is -0.619. The molecule has 0 unspecified atom stereocenters. The van der Waals surface area contributed by atoms with Gasteiger partial charge in [-0.3, -0.25) is 9.71 Å². The maximum Gasteiger partial charge on any atom is 0.265 e. The van der Waals surface area contributed by atoms with E-state index in [2.05, 4.69) is 9.71 Å². The highest BCUT2D eigenvalue weighted by atomic mass is 35.5. The number of hydrogen-bond donors (Lipinski definition) is 1. The topological polar surface area (TPSA) is 59.1 Å². The summed E-state index contributed by atoms with van der Waals surface area (Å²) in [6, 6.07) is 5.79. The molecular weight excluding hydrogens is 291 g/mol. The number of aromatic nitrogens is 1. The number of sulfonamides is 1. The summed E-state index contributed by atoms with van der Waals surface area (Å²) >= 11 is 5.79. The second-order valence-electron chi connectivity index (χ2n) is 3.85. The molecule has 0 radical (unpaired) electrons. The highest BCUT2D eigenvalue weighted by Crippen LogP contribution is 2.24. The van der Waals surface area contributed by atoms with E-state index in [9.17, 15) is 12.8 Å². The van der Waals surface area contributed by atoms with Crippen LogP contribution in [0.1, 0.15) is 5.56 Å². The quantitative estimate of drug-likeness (QED) is 0.948. The number of hydrogen-bond acceptors (Lipinski definition) is 3. The molecule has 2 rings (SSSR count). The molecule has 19 heavy (non-hydrogen) atoms. The summed E-state index contributed by atoms with van der Waals surface area (Å²) in [6.45, 7) is 1.55. The van der Waals surface area contributed by atoms with Gasteiger partial charge < -0.3 is 0 Å². The van der Waals surface area contributed by atoms with Crippen molar-refractivity contribution in [2.24, 2.45) is 0 Å². The third kappa shape index (κ3) is 2.85. The van der Waals surface area contributed by atoms with E-state index in [0.717, 1.165) is 6.20 Å². The zero-order chi connectivity index (χ0) is 14.0. The van der Waals surface area contributed by atoms with Gasteiger partial charge in [-0.1, -0.05) is 23.7 Å². The Morgan fingerprint density at radius 2 is 2.05 bits per heavy atom. The van der Waals surface area contributed by atoms with E-state index in [4.69, 9.17) is 11.6 Å². The van der Waals surface area contributed by atoms with E-state index in [1.807, 2.05) is 0 Å². The Morgan fingerprint density at radius 3 is 2.74 bits per heavy atom. The molecule has 0 saturated heterocycles. The molecule has 1 aromatic heterocycles. The van der Waals surface area contributed by atoms with Crippen LogP contribution < -0.4 is 4.72 Å². The van der Waals surface area contributed by atoms with Crippen molar-refractivity contribution >= 4 is 27.3 Å². The Kier molecular flexibility index (Phi) is 3.73. The van der Waals surface area contributed by atoms with Crippen LogP contribution in [0.25, 0.3) is 0 Å². The van der Waals surface area contributed by atoms with E-state index in [0.29, 0.717) is 5.56 Å². The van der Waals surface area contributed by atoms with Crippen LogP contribution in [0.4, 0.5) is 10.1 Å². The molecule has 100 valence electrons. The minimum atomic E-state index is -3.97. The van der Waals surface area contributed by atoms with Crippen molar-refractivity contribution in [2.45, 2.75) is 11.8 Å². The first-order chi connectivity index (χ1) is 8.92. The molecule has 1 aromatic carbocycles. The first kappa shape index (κ1) is 13.8.